The molecule has 0 spiro atoms. The van der Waals surface area contributed by atoms with E-state index in [1.165, 1.54) is 0 Å². The minimum atomic E-state index is -3.36. The molecule has 0 unspecified atom stereocenters. The van der Waals surface area contributed by atoms with Crippen LogP contribution in [0.3, 0.4) is 0 Å². The third-order valence-corrected chi connectivity index (χ3v) is 3.31. The van der Waals surface area contributed by atoms with Crippen LogP contribution in [-0.2, 0) is 10.0 Å². The maximum absolute atomic E-state index is 13.1. The van der Waals surface area contributed by atoms with Crippen molar-refractivity contribution in [1.82, 2.24) is 9.71 Å². The highest BCUT2D eigenvalue weighted by Crippen LogP contribution is 2.10. The van der Waals surface area contributed by atoms with E-state index in [0.29, 0.717) is 12.6 Å². The Balaban J connectivity index is 2.51. The van der Waals surface area contributed by atoms with E-state index in [2.05, 4.69) is 15.0 Å². The van der Waals surface area contributed by atoms with E-state index in [-0.39, 0.29) is 18.1 Å². The lowest BCUT2D eigenvalue weighted by molar-refractivity contribution is 0.574. The van der Waals surface area contributed by atoms with Crippen LogP contribution in [-0.4, -0.2) is 32.2 Å². The van der Waals surface area contributed by atoms with Gasteiger partial charge in [0.25, 0.3) is 0 Å². The highest BCUT2D eigenvalue weighted by atomic mass is 32.2. The van der Waals surface area contributed by atoms with Crippen LogP contribution in [0.1, 0.15) is 6.92 Å². The minimum absolute atomic E-state index is 0.00904. The lowest BCUT2D eigenvalue weighted by Gasteiger charge is -2.07. The van der Waals surface area contributed by atoms with E-state index in [1.807, 2.05) is 0 Å². The first-order chi connectivity index (χ1) is 7.94. The normalized spacial score (nSPS) is 11.5. The van der Waals surface area contributed by atoms with Gasteiger partial charge in [0.15, 0.2) is 11.6 Å². The number of halogens is 2. The first-order valence-corrected chi connectivity index (χ1v) is 6.62. The number of nitrogens with one attached hydrogen (secondary N) is 2. The number of rotatable bonds is 6. The smallest absolute Gasteiger partial charge is 0.213 e. The molecule has 0 atom stereocenters. The Hall–Kier alpha value is -1.28. The summed E-state index contributed by atoms with van der Waals surface area (Å²) < 4.78 is 50.4. The van der Waals surface area contributed by atoms with E-state index >= 15 is 0 Å². The number of pyridine rings is 1. The predicted octanol–water partition coefficient (Wildman–Crippen LogP) is 0.711. The lowest BCUT2D eigenvalue weighted by atomic mass is 10.4. The van der Waals surface area contributed by atoms with Gasteiger partial charge in [-0.2, -0.15) is 0 Å². The maximum Gasteiger partial charge on any atom is 0.213 e. The van der Waals surface area contributed by atoms with Crippen LogP contribution in [0.4, 0.5) is 14.6 Å². The zero-order valence-electron chi connectivity index (χ0n) is 9.20. The standard InChI is InChI=1S/C9H13F2N3O2S/c1-2-14-17(15,16)4-3-12-9-8(11)5-7(10)6-13-9/h5-6,14H,2-4H2,1H3,(H,12,13). The summed E-state index contributed by atoms with van der Waals surface area (Å²) in [5.74, 6) is -2.02. The largest absolute Gasteiger partial charge is 0.367 e. The second-order valence-corrected chi connectivity index (χ2v) is 5.15. The third kappa shape index (κ3) is 4.61. The highest BCUT2D eigenvalue weighted by Gasteiger charge is 2.09. The van der Waals surface area contributed by atoms with Crippen molar-refractivity contribution >= 4 is 15.8 Å². The fourth-order valence-electron chi connectivity index (χ4n) is 1.14. The van der Waals surface area contributed by atoms with Gasteiger partial charge in [0, 0.05) is 19.2 Å². The van der Waals surface area contributed by atoms with E-state index in [9.17, 15) is 17.2 Å². The minimum Gasteiger partial charge on any atom is -0.367 e. The zero-order chi connectivity index (χ0) is 12.9. The van der Waals surface area contributed by atoms with Crippen LogP contribution in [0.2, 0.25) is 0 Å². The number of hydrogen-bond donors (Lipinski definition) is 2. The number of nitrogens with zero attached hydrogens (tertiary/aromatic N) is 1. The van der Waals surface area contributed by atoms with Gasteiger partial charge in [-0.05, 0) is 0 Å². The fraction of sp³-hybridized carbons (Fsp3) is 0.444. The molecule has 0 aliphatic heterocycles. The Labute approximate surface area is 98.3 Å². The SMILES string of the molecule is CCNS(=O)(=O)CCNc1ncc(F)cc1F. The van der Waals surface area contributed by atoms with Gasteiger partial charge in [-0.3, -0.25) is 0 Å². The number of anilines is 1. The zero-order valence-corrected chi connectivity index (χ0v) is 10.0. The maximum atomic E-state index is 13.1. The first kappa shape index (κ1) is 13.8. The van der Waals surface area contributed by atoms with Gasteiger partial charge in [0.1, 0.15) is 5.82 Å². The van der Waals surface area contributed by atoms with Crippen LogP contribution >= 0.6 is 0 Å². The molecule has 2 N–H and O–H groups in total. The quantitative estimate of drug-likeness (QED) is 0.794. The first-order valence-electron chi connectivity index (χ1n) is 4.97. The highest BCUT2D eigenvalue weighted by molar-refractivity contribution is 7.89. The van der Waals surface area contributed by atoms with Crippen molar-refractivity contribution in [2.45, 2.75) is 6.92 Å². The molecule has 5 nitrogen and oxygen atoms in total. The molecule has 0 saturated carbocycles. The summed E-state index contributed by atoms with van der Waals surface area (Å²) in [4.78, 5) is 3.47. The van der Waals surface area contributed by atoms with Gasteiger partial charge >= 0.3 is 0 Å². The van der Waals surface area contributed by atoms with Gasteiger partial charge in [-0.1, -0.05) is 6.92 Å². The van der Waals surface area contributed by atoms with Gasteiger partial charge in [-0.25, -0.2) is 26.9 Å². The molecule has 1 aromatic rings. The molecule has 1 rings (SSSR count). The molecular weight excluding hydrogens is 252 g/mol. The van der Waals surface area contributed by atoms with Gasteiger partial charge in [0.05, 0.1) is 11.9 Å². The van der Waals surface area contributed by atoms with E-state index in [4.69, 9.17) is 0 Å². The molecular formula is C9H13F2N3O2S. The monoisotopic (exact) mass is 265 g/mol. The molecule has 0 amide bonds. The summed E-state index contributed by atoms with van der Waals surface area (Å²) in [5, 5.41) is 2.48. The Bertz CT molecular complexity index is 479. The van der Waals surface area contributed by atoms with Crippen LogP contribution in [0.15, 0.2) is 12.3 Å². The van der Waals surface area contributed by atoms with Crippen molar-refractivity contribution in [3.8, 4) is 0 Å². The van der Waals surface area contributed by atoms with Crippen LogP contribution in [0.5, 0.6) is 0 Å². The molecule has 0 radical (unpaired) electrons. The van der Waals surface area contributed by atoms with Crippen molar-refractivity contribution in [1.29, 1.82) is 0 Å². The molecule has 1 heterocycles. The number of sulfonamides is 1. The lowest BCUT2D eigenvalue weighted by Crippen LogP contribution is -2.29. The Morgan fingerprint density at radius 1 is 1.41 bits per heavy atom. The topological polar surface area (TPSA) is 71.1 Å². The van der Waals surface area contributed by atoms with Crippen molar-refractivity contribution in [2.75, 3.05) is 24.2 Å². The summed E-state index contributed by atoms with van der Waals surface area (Å²) >= 11 is 0. The average molecular weight is 265 g/mol. The summed E-state index contributed by atoms with van der Waals surface area (Å²) in [7, 11) is -3.36. The van der Waals surface area contributed by atoms with Crippen LogP contribution in [0, 0.1) is 11.6 Å². The van der Waals surface area contributed by atoms with Gasteiger partial charge < -0.3 is 5.32 Å². The van der Waals surface area contributed by atoms with Crippen molar-refractivity contribution in [2.24, 2.45) is 0 Å². The average Bonchev–Trinajstić information content (AvgIpc) is 2.21. The van der Waals surface area contributed by atoms with Gasteiger partial charge in [0.2, 0.25) is 10.0 Å². The molecule has 0 bridgehead atoms. The summed E-state index contributed by atoms with van der Waals surface area (Å²) in [5.41, 5.74) is 0. The summed E-state index contributed by atoms with van der Waals surface area (Å²) in [6, 6.07) is 0.675. The summed E-state index contributed by atoms with van der Waals surface area (Å²) in [6.07, 6.45) is 0.851. The van der Waals surface area contributed by atoms with Crippen LogP contribution in [0.25, 0.3) is 0 Å². The molecule has 17 heavy (non-hydrogen) atoms. The van der Waals surface area contributed by atoms with Crippen molar-refractivity contribution < 1.29 is 17.2 Å². The Morgan fingerprint density at radius 2 is 2.12 bits per heavy atom. The summed E-state index contributed by atoms with van der Waals surface area (Å²) in [6.45, 7) is 1.95. The fourth-order valence-corrected chi connectivity index (χ4v) is 2.10. The van der Waals surface area contributed by atoms with Gasteiger partial charge in [-0.15, -0.1) is 0 Å². The third-order valence-electron chi connectivity index (χ3n) is 1.84. The predicted molar refractivity (Wildman–Crippen MR) is 60.1 cm³/mol. The molecule has 0 saturated heterocycles. The molecule has 0 aliphatic rings. The molecule has 0 fully saturated rings. The van der Waals surface area contributed by atoms with E-state index < -0.39 is 21.7 Å². The number of aromatic nitrogens is 1. The van der Waals surface area contributed by atoms with Crippen molar-refractivity contribution in [3.05, 3.63) is 23.9 Å². The molecule has 96 valence electrons. The second kappa shape index (κ2) is 5.87. The van der Waals surface area contributed by atoms with Crippen LogP contribution < -0.4 is 10.0 Å². The number of hydrogen-bond acceptors (Lipinski definition) is 4. The van der Waals surface area contributed by atoms with E-state index in [0.717, 1.165) is 6.20 Å². The van der Waals surface area contributed by atoms with Crippen molar-refractivity contribution in [3.63, 3.8) is 0 Å². The molecule has 8 heteroatoms. The Morgan fingerprint density at radius 3 is 2.71 bits per heavy atom. The molecule has 1 aromatic heterocycles. The van der Waals surface area contributed by atoms with E-state index in [1.54, 1.807) is 6.92 Å². The molecule has 0 aromatic carbocycles. The second-order valence-electron chi connectivity index (χ2n) is 3.23. The molecule has 0 aliphatic carbocycles. The Kier molecular flexibility index (Phi) is 4.76.